The molecule has 1 aliphatic heterocycles. The summed E-state index contributed by atoms with van der Waals surface area (Å²) < 4.78 is 16.8. The molecule has 1 aromatic heterocycles. The maximum Gasteiger partial charge on any atom is 0.228 e. The third kappa shape index (κ3) is 4.95. The lowest BCUT2D eigenvalue weighted by Gasteiger charge is -2.39. The number of para-hydroxylation sites is 1. The highest BCUT2D eigenvalue weighted by Crippen LogP contribution is 2.34. The predicted octanol–water partition coefficient (Wildman–Crippen LogP) is 2.86. The number of hydrogen-bond donors (Lipinski definition) is 2. The van der Waals surface area contributed by atoms with Gasteiger partial charge in [-0.1, -0.05) is 18.2 Å². The van der Waals surface area contributed by atoms with E-state index in [4.69, 9.17) is 24.9 Å². The SMILES string of the molecule is COc1cc2nc(N3CCNCC3C(=O)C(C)(C)Oc3ccccc3)nc(N)c2cc1OC.Cl. The van der Waals surface area contributed by atoms with Crippen molar-refractivity contribution in [3.63, 3.8) is 0 Å². The highest BCUT2D eigenvalue weighted by atomic mass is 35.5. The second kappa shape index (κ2) is 10.3. The summed E-state index contributed by atoms with van der Waals surface area (Å²) in [5.41, 5.74) is 5.85. The highest BCUT2D eigenvalue weighted by molar-refractivity contribution is 5.95. The summed E-state index contributed by atoms with van der Waals surface area (Å²) in [5, 5.41) is 3.95. The first-order valence-corrected chi connectivity index (χ1v) is 10.8. The summed E-state index contributed by atoms with van der Waals surface area (Å²) in [6.45, 7) is 5.25. The number of piperazine rings is 1. The van der Waals surface area contributed by atoms with Gasteiger partial charge < -0.3 is 30.2 Å². The van der Waals surface area contributed by atoms with Gasteiger partial charge in [0, 0.05) is 31.1 Å². The molecule has 9 nitrogen and oxygen atoms in total. The number of carbonyl (C=O) groups is 1. The van der Waals surface area contributed by atoms with E-state index in [1.807, 2.05) is 35.2 Å². The molecule has 0 amide bonds. The normalized spacial score (nSPS) is 16.0. The lowest BCUT2D eigenvalue weighted by atomic mass is 9.94. The Labute approximate surface area is 205 Å². The van der Waals surface area contributed by atoms with Crippen molar-refractivity contribution in [3.05, 3.63) is 42.5 Å². The van der Waals surface area contributed by atoms with Crippen LogP contribution in [0, 0.1) is 0 Å². The molecule has 1 atom stereocenters. The van der Waals surface area contributed by atoms with E-state index in [0.717, 1.165) is 0 Å². The molecule has 0 radical (unpaired) electrons. The minimum absolute atomic E-state index is 0. The zero-order valence-electron chi connectivity index (χ0n) is 19.7. The predicted molar refractivity (Wildman–Crippen MR) is 134 cm³/mol. The van der Waals surface area contributed by atoms with Crippen molar-refractivity contribution in [2.45, 2.75) is 25.5 Å². The number of nitrogens with one attached hydrogen (secondary N) is 1. The zero-order valence-corrected chi connectivity index (χ0v) is 20.5. The third-order valence-electron chi connectivity index (χ3n) is 5.73. The van der Waals surface area contributed by atoms with Gasteiger partial charge in [-0.15, -0.1) is 12.4 Å². The lowest BCUT2D eigenvalue weighted by Crippen LogP contribution is -2.60. The van der Waals surface area contributed by atoms with Crippen LogP contribution in [0.4, 0.5) is 11.8 Å². The number of benzene rings is 2. The van der Waals surface area contributed by atoms with Crippen LogP contribution in [0.2, 0.25) is 0 Å². The zero-order chi connectivity index (χ0) is 23.6. The average Bonchev–Trinajstić information content (AvgIpc) is 2.83. The number of fused-ring (bicyclic) bond motifs is 1. The number of anilines is 2. The van der Waals surface area contributed by atoms with Crippen LogP contribution >= 0.6 is 12.4 Å². The number of halogens is 1. The van der Waals surface area contributed by atoms with E-state index in [-0.39, 0.29) is 18.2 Å². The Kier molecular flexibility index (Phi) is 7.68. The third-order valence-corrected chi connectivity index (χ3v) is 5.73. The molecule has 182 valence electrons. The van der Waals surface area contributed by atoms with E-state index in [2.05, 4.69) is 10.3 Å². The van der Waals surface area contributed by atoms with Gasteiger partial charge in [0.2, 0.25) is 5.95 Å². The second-order valence-electron chi connectivity index (χ2n) is 8.34. The van der Waals surface area contributed by atoms with Crippen molar-refractivity contribution < 1.29 is 19.0 Å². The van der Waals surface area contributed by atoms with Crippen LogP contribution in [-0.4, -0.2) is 61.2 Å². The Hall–Kier alpha value is -3.30. The van der Waals surface area contributed by atoms with Crippen molar-refractivity contribution in [2.24, 2.45) is 0 Å². The molecule has 34 heavy (non-hydrogen) atoms. The van der Waals surface area contributed by atoms with E-state index < -0.39 is 11.6 Å². The minimum Gasteiger partial charge on any atom is -0.493 e. The van der Waals surface area contributed by atoms with Crippen LogP contribution in [0.3, 0.4) is 0 Å². The number of hydrogen-bond acceptors (Lipinski definition) is 9. The summed E-state index contributed by atoms with van der Waals surface area (Å²) in [6.07, 6.45) is 0. The first-order chi connectivity index (χ1) is 15.8. The van der Waals surface area contributed by atoms with Gasteiger partial charge in [0.1, 0.15) is 17.6 Å². The van der Waals surface area contributed by atoms with Crippen LogP contribution in [-0.2, 0) is 4.79 Å². The Balaban J connectivity index is 0.00000324. The molecule has 1 fully saturated rings. The summed E-state index contributed by atoms with van der Waals surface area (Å²) in [4.78, 5) is 24.8. The maximum absolute atomic E-state index is 13.6. The molecule has 3 N–H and O–H groups in total. The molecule has 2 heterocycles. The van der Waals surface area contributed by atoms with Gasteiger partial charge in [-0.25, -0.2) is 4.98 Å². The van der Waals surface area contributed by atoms with Crippen molar-refractivity contribution in [1.29, 1.82) is 0 Å². The molecule has 0 spiro atoms. The van der Waals surface area contributed by atoms with Crippen LogP contribution < -0.4 is 30.2 Å². The summed E-state index contributed by atoms with van der Waals surface area (Å²) in [5.74, 6) is 2.34. The van der Waals surface area contributed by atoms with Gasteiger partial charge in [0.15, 0.2) is 22.9 Å². The van der Waals surface area contributed by atoms with E-state index >= 15 is 0 Å². The van der Waals surface area contributed by atoms with Gasteiger partial charge in [-0.2, -0.15) is 4.98 Å². The smallest absolute Gasteiger partial charge is 0.228 e. The molecule has 1 aliphatic rings. The number of nitrogens with zero attached hydrogens (tertiary/aromatic N) is 3. The Morgan fingerprint density at radius 3 is 2.47 bits per heavy atom. The average molecular weight is 488 g/mol. The Morgan fingerprint density at radius 1 is 1.12 bits per heavy atom. The van der Waals surface area contributed by atoms with E-state index in [1.165, 1.54) is 0 Å². The topological polar surface area (TPSA) is 112 Å². The highest BCUT2D eigenvalue weighted by Gasteiger charge is 2.41. The molecule has 0 aliphatic carbocycles. The summed E-state index contributed by atoms with van der Waals surface area (Å²) >= 11 is 0. The quantitative estimate of drug-likeness (QED) is 0.519. The lowest BCUT2D eigenvalue weighted by molar-refractivity contribution is -0.133. The first-order valence-electron chi connectivity index (χ1n) is 10.8. The molecular formula is C24H30ClN5O4. The maximum atomic E-state index is 13.6. The van der Waals surface area contributed by atoms with Crippen molar-refractivity contribution >= 4 is 40.9 Å². The monoisotopic (exact) mass is 487 g/mol. The van der Waals surface area contributed by atoms with Gasteiger partial charge in [-0.05, 0) is 32.0 Å². The van der Waals surface area contributed by atoms with Crippen LogP contribution in [0.25, 0.3) is 10.9 Å². The fourth-order valence-corrected chi connectivity index (χ4v) is 4.01. The molecule has 2 aromatic carbocycles. The Morgan fingerprint density at radius 2 is 1.79 bits per heavy atom. The number of nitrogens with two attached hydrogens (primary N) is 1. The molecule has 0 bridgehead atoms. The number of ether oxygens (including phenoxy) is 3. The molecule has 4 rings (SSSR count). The molecule has 0 saturated carbocycles. The largest absolute Gasteiger partial charge is 0.493 e. The molecule has 1 saturated heterocycles. The van der Waals surface area contributed by atoms with Gasteiger partial charge in [0.05, 0.1) is 19.7 Å². The summed E-state index contributed by atoms with van der Waals surface area (Å²) in [7, 11) is 3.13. The Bertz CT molecular complexity index is 1160. The fraction of sp³-hybridized carbons (Fsp3) is 0.375. The number of Topliss-reactive ketones (excluding diaryl/α,β-unsaturated/α-hetero) is 1. The van der Waals surface area contributed by atoms with Gasteiger partial charge in [0.25, 0.3) is 0 Å². The minimum atomic E-state index is -1.05. The van der Waals surface area contributed by atoms with Crippen LogP contribution in [0.5, 0.6) is 17.2 Å². The second-order valence-corrected chi connectivity index (χ2v) is 8.34. The number of carbonyl (C=O) groups excluding carboxylic acids is 1. The summed E-state index contributed by atoms with van der Waals surface area (Å²) in [6, 6.07) is 12.3. The molecule has 3 aromatic rings. The number of aromatic nitrogens is 2. The standard InChI is InChI=1S/C24H29N5O4.ClH/c1-24(2,33-15-8-6-5-7-9-15)21(30)18-14-26-10-11-29(18)23-27-17-13-20(32-4)19(31-3)12-16(17)22(25)28-23;/h5-9,12-13,18,26H,10-11,14H2,1-4H3,(H2,25,27,28);1H. The van der Waals surface area contributed by atoms with E-state index in [9.17, 15) is 4.79 Å². The van der Waals surface area contributed by atoms with Gasteiger partial charge >= 0.3 is 0 Å². The molecule has 1 unspecified atom stereocenters. The van der Waals surface area contributed by atoms with Crippen molar-refractivity contribution in [1.82, 2.24) is 15.3 Å². The van der Waals surface area contributed by atoms with Crippen molar-refractivity contribution in [2.75, 3.05) is 44.5 Å². The number of rotatable bonds is 7. The number of nitrogen functional groups attached to an aromatic ring is 1. The molecular weight excluding hydrogens is 458 g/mol. The number of methoxy groups -OCH3 is 2. The first kappa shape index (κ1) is 25.3. The van der Waals surface area contributed by atoms with Crippen LogP contribution in [0.1, 0.15) is 13.8 Å². The fourth-order valence-electron chi connectivity index (χ4n) is 4.01. The van der Waals surface area contributed by atoms with Gasteiger partial charge in [-0.3, -0.25) is 4.79 Å². The van der Waals surface area contributed by atoms with E-state index in [1.54, 1.807) is 40.2 Å². The van der Waals surface area contributed by atoms with Crippen molar-refractivity contribution in [3.8, 4) is 17.2 Å². The molecule has 10 heteroatoms. The number of ketones is 1. The van der Waals surface area contributed by atoms with Crippen LogP contribution in [0.15, 0.2) is 42.5 Å². The van der Waals surface area contributed by atoms with E-state index in [0.29, 0.717) is 59.6 Å².